The Morgan fingerprint density at radius 1 is 0.969 bits per heavy atom. The van der Waals surface area contributed by atoms with Crippen LogP contribution in [0, 0.1) is 6.92 Å². The van der Waals surface area contributed by atoms with Crippen LogP contribution in [0.2, 0.25) is 0 Å². The summed E-state index contributed by atoms with van der Waals surface area (Å²) in [5.41, 5.74) is 2.65. The number of benzene rings is 2. The lowest BCUT2D eigenvalue weighted by molar-refractivity contribution is -0.132. The van der Waals surface area contributed by atoms with E-state index in [0.29, 0.717) is 41.5 Å². The maximum Gasteiger partial charge on any atom is 0.300 e. The van der Waals surface area contributed by atoms with Gasteiger partial charge in [-0.2, -0.15) is 0 Å². The summed E-state index contributed by atoms with van der Waals surface area (Å²) in [5.74, 6) is -0.668. The highest BCUT2D eigenvalue weighted by Crippen LogP contribution is 2.43. The number of fused-ring (bicyclic) bond motifs is 1. The van der Waals surface area contributed by atoms with Crippen LogP contribution < -0.4 is 14.4 Å². The molecule has 3 aromatic rings. The van der Waals surface area contributed by atoms with E-state index in [4.69, 9.17) is 9.47 Å². The van der Waals surface area contributed by atoms with E-state index in [1.807, 2.05) is 19.1 Å². The van der Waals surface area contributed by atoms with Gasteiger partial charge < -0.3 is 14.6 Å². The third-order valence-electron chi connectivity index (χ3n) is 5.59. The van der Waals surface area contributed by atoms with E-state index in [2.05, 4.69) is 4.98 Å². The molecule has 1 fully saturated rings. The topological polar surface area (TPSA) is 89.0 Å². The van der Waals surface area contributed by atoms with Crippen molar-refractivity contribution >= 4 is 23.1 Å². The van der Waals surface area contributed by atoms with Crippen LogP contribution in [0.3, 0.4) is 0 Å². The Kier molecular flexibility index (Phi) is 4.86. The molecular formula is C25H20N2O5. The number of ketones is 1. The fourth-order valence-electron chi connectivity index (χ4n) is 4.01. The first-order chi connectivity index (χ1) is 15.5. The number of aliphatic hydroxyl groups is 1. The number of Topliss-reactive ketones (excluding diaryl/α,β-unsaturated/α-hetero) is 1. The number of anilines is 1. The average molecular weight is 428 g/mol. The molecule has 0 spiro atoms. The third kappa shape index (κ3) is 3.28. The van der Waals surface area contributed by atoms with Crippen molar-refractivity contribution in [2.24, 2.45) is 0 Å². The maximum absolute atomic E-state index is 13.2. The smallest absolute Gasteiger partial charge is 0.300 e. The molecule has 0 aliphatic carbocycles. The van der Waals surface area contributed by atoms with E-state index in [9.17, 15) is 14.7 Å². The van der Waals surface area contributed by atoms with Crippen LogP contribution >= 0.6 is 0 Å². The molecule has 2 aliphatic heterocycles. The molecule has 1 unspecified atom stereocenters. The molecule has 1 amide bonds. The first-order valence-electron chi connectivity index (χ1n) is 10.2. The fraction of sp³-hybridized carbons (Fsp3) is 0.160. The Labute approximate surface area is 184 Å². The number of pyridine rings is 1. The molecule has 32 heavy (non-hydrogen) atoms. The van der Waals surface area contributed by atoms with Crippen molar-refractivity contribution in [1.82, 2.24) is 4.98 Å². The van der Waals surface area contributed by atoms with Crippen molar-refractivity contribution in [1.29, 1.82) is 0 Å². The summed E-state index contributed by atoms with van der Waals surface area (Å²) >= 11 is 0. The quantitative estimate of drug-likeness (QED) is 0.388. The SMILES string of the molecule is Cc1ccc(N2C(=O)C(=O)/C(=C(\O)c3ccc4c(c3)OCCO4)C2c2ccncc2)cc1. The monoisotopic (exact) mass is 428 g/mol. The standard InChI is InChI=1S/C25H20N2O5/c1-15-2-5-18(6-3-15)27-22(16-8-10-26-11-9-16)21(24(29)25(27)30)23(28)17-4-7-19-20(14-17)32-13-12-31-19/h2-11,14,22,28H,12-13H2,1H3/b23-21-. The number of nitrogens with zero attached hydrogens (tertiary/aromatic N) is 2. The van der Waals surface area contributed by atoms with Crippen LogP contribution in [0.15, 0.2) is 72.6 Å². The lowest BCUT2D eigenvalue weighted by atomic mass is 9.95. The van der Waals surface area contributed by atoms with Gasteiger partial charge in [-0.05, 0) is 55.0 Å². The van der Waals surface area contributed by atoms with Gasteiger partial charge in [0.15, 0.2) is 11.5 Å². The minimum atomic E-state index is -0.797. The van der Waals surface area contributed by atoms with Crippen molar-refractivity contribution in [2.45, 2.75) is 13.0 Å². The lowest BCUT2D eigenvalue weighted by Crippen LogP contribution is -2.29. The van der Waals surface area contributed by atoms with E-state index >= 15 is 0 Å². The molecule has 1 N–H and O–H groups in total. The van der Waals surface area contributed by atoms with Crippen molar-refractivity contribution in [3.8, 4) is 11.5 Å². The number of hydrogen-bond acceptors (Lipinski definition) is 6. The predicted octanol–water partition coefficient (Wildman–Crippen LogP) is 3.79. The Bertz CT molecular complexity index is 1230. The van der Waals surface area contributed by atoms with Gasteiger partial charge in [-0.25, -0.2) is 0 Å². The highest BCUT2D eigenvalue weighted by Gasteiger charge is 2.47. The fourth-order valence-corrected chi connectivity index (χ4v) is 4.01. The largest absolute Gasteiger partial charge is 0.507 e. The molecule has 1 atom stereocenters. The van der Waals surface area contributed by atoms with Gasteiger partial charge in [-0.1, -0.05) is 17.7 Å². The van der Waals surface area contributed by atoms with Crippen molar-refractivity contribution < 1.29 is 24.2 Å². The van der Waals surface area contributed by atoms with Crippen molar-refractivity contribution in [3.63, 3.8) is 0 Å². The van der Waals surface area contributed by atoms with Crippen LogP contribution in [0.4, 0.5) is 5.69 Å². The predicted molar refractivity (Wildman–Crippen MR) is 118 cm³/mol. The third-order valence-corrected chi connectivity index (χ3v) is 5.59. The number of amides is 1. The van der Waals surface area contributed by atoms with Gasteiger partial charge >= 0.3 is 0 Å². The number of rotatable bonds is 3. The highest BCUT2D eigenvalue weighted by atomic mass is 16.6. The number of carbonyl (C=O) groups excluding carboxylic acids is 2. The second-order valence-electron chi connectivity index (χ2n) is 7.64. The maximum atomic E-state index is 13.2. The molecular weight excluding hydrogens is 408 g/mol. The molecule has 0 saturated carbocycles. The molecule has 7 nitrogen and oxygen atoms in total. The van der Waals surface area contributed by atoms with Crippen molar-refractivity contribution in [3.05, 3.63) is 89.3 Å². The molecule has 3 heterocycles. The number of aromatic nitrogens is 1. The molecule has 5 rings (SSSR count). The summed E-state index contributed by atoms with van der Waals surface area (Å²) in [6.07, 6.45) is 3.18. The number of hydrogen-bond donors (Lipinski definition) is 1. The zero-order valence-electron chi connectivity index (χ0n) is 17.3. The van der Waals surface area contributed by atoms with E-state index < -0.39 is 17.7 Å². The molecule has 160 valence electrons. The van der Waals surface area contributed by atoms with Crippen LogP contribution in [-0.2, 0) is 9.59 Å². The molecule has 2 aliphatic rings. The zero-order chi connectivity index (χ0) is 22.2. The number of ether oxygens (including phenoxy) is 2. The first kappa shape index (κ1) is 19.8. The molecule has 1 saturated heterocycles. The summed E-state index contributed by atoms with van der Waals surface area (Å²) in [5, 5.41) is 11.2. The Morgan fingerprint density at radius 2 is 1.66 bits per heavy atom. The normalized spacial score (nSPS) is 19.3. The van der Waals surface area contributed by atoms with E-state index in [-0.39, 0.29) is 11.3 Å². The van der Waals surface area contributed by atoms with Crippen LogP contribution in [0.5, 0.6) is 11.5 Å². The van der Waals surface area contributed by atoms with Gasteiger partial charge in [0.25, 0.3) is 11.7 Å². The zero-order valence-corrected chi connectivity index (χ0v) is 17.3. The minimum Gasteiger partial charge on any atom is -0.507 e. The summed E-state index contributed by atoms with van der Waals surface area (Å²) in [6, 6.07) is 14.9. The van der Waals surface area contributed by atoms with E-state index in [1.165, 1.54) is 4.90 Å². The van der Waals surface area contributed by atoms with Gasteiger partial charge in [0.1, 0.15) is 19.0 Å². The van der Waals surface area contributed by atoms with Gasteiger partial charge in [-0.15, -0.1) is 0 Å². The molecule has 7 heteroatoms. The minimum absolute atomic E-state index is 0.0125. The van der Waals surface area contributed by atoms with Gasteiger partial charge in [-0.3, -0.25) is 19.5 Å². The van der Waals surface area contributed by atoms with Crippen molar-refractivity contribution in [2.75, 3.05) is 18.1 Å². The lowest BCUT2D eigenvalue weighted by Gasteiger charge is -2.25. The summed E-state index contributed by atoms with van der Waals surface area (Å²) in [6.45, 7) is 2.79. The number of aliphatic hydroxyl groups excluding tert-OH is 1. The Balaban J connectivity index is 1.68. The van der Waals surface area contributed by atoms with Gasteiger partial charge in [0.2, 0.25) is 0 Å². The number of aryl methyl sites for hydroxylation is 1. The number of carbonyl (C=O) groups is 2. The molecule has 1 aromatic heterocycles. The van der Waals surface area contributed by atoms with Crippen LogP contribution in [0.25, 0.3) is 5.76 Å². The summed E-state index contributed by atoms with van der Waals surface area (Å²) in [7, 11) is 0. The van der Waals surface area contributed by atoms with Crippen LogP contribution in [0.1, 0.15) is 22.7 Å². The first-order valence-corrected chi connectivity index (χ1v) is 10.2. The Morgan fingerprint density at radius 3 is 2.38 bits per heavy atom. The van der Waals surface area contributed by atoms with E-state index in [1.54, 1.807) is 54.9 Å². The molecule has 2 aromatic carbocycles. The Hall–Kier alpha value is -4.13. The average Bonchev–Trinajstić information content (AvgIpc) is 3.10. The van der Waals surface area contributed by atoms with Gasteiger partial charge in [0.05, 0.1) is 11.6 Å². The second kappa shape index (κ2) is 7.85. The highest BCUT2D eigenvalue weighted by molar-refractivity contribution is 6.51. The van der Waals surface area contributed by atoms with Crippen LogP contribution in [-0.4, -0.2) is 35.0 Å². The second-order valence-corrected chi connectivity index (χ2v) is 7.64. The molecule has 0 radical (unpaired) electrons. The van der Waals surface area contributed by atoms with Gasteiger partial charge in [0, 0.05) is 23.6 Å². The molecule has 0 bridgehead atoms. The van der Waals surface area contributed by atoms with E-state index in [0.717, 1.165) is 5.56 Å². The summed E-state index contributed by atoms with van der Waals surface area (Å²) < 4.78 is 11.1. The summed E-state index contributed by atoms with van der Waals surface area (Å²) in [4.78, 5) is 31.7.